The average Bonchev–Trinajstić information content (AvgIpc) is 2.96. The van der Waals surface area contributed by atoms with Crippen LogP contribution in [-0.4, -0.2) is 33.4 Å². The molecule has 0 spiro atoms. The van der Waals surface area contributed by atoms with Gasteiger partial charge in [-0.15, -0.1) is 0 Å². The number of hydrogen-bond donors (Lipinski definition) is 3. The maximum atomic E-state index is 15.1. The van der Waals surface area contributed by atoms with Crippen LogP contribution in [0.2, 0.25) is 11.5 Å². The van der Waals surface area contributed by atoms with Gasteiger partial charge < -0.3 is 0 Å². The number of halogens is 1. The van der Waals surface area contributed by atoms with Gasteiger partial charge in [0, 0.05) is 0 Å². The fourth-order valence-electron chi connectivity index (χ4n) is 3.00. The number of rotatable bonds is 11. The third-order valence-corrected chi connectivity index (χ3v) is 18.1. The summed E-state index contributed by atoms with van der Waals surface area (Å²) in [4.78, 5) is 0. The van der Waals surface area contributed by atoms with Crippen LogP contribution in [0.4, 0.5) is 3.50 Å². The minimum absolute atomic E-state index is 0.580. The van der Waals surface area contributed by atoms with Crippen molar-refractivity contribution in [1.82, 2.24) is 9.78 Å². The Labute approximate surface area is 164 Å². The standard InChI is InChI=1S/C7H10FGe.3C4H10N.Zr/c1-9(2,8)7-5-3-4-6-7;3*1-4(2)3-5;/h3,5H,4H2,1-2H3;3*4-5H,3H2,1-2H3;/q;3*-1;+3. The van der Waals surface area contributed by atoms with Crippen LogP contribution < -0.4 is 9.78 Å². The van der Waals surface area contributed by atoms with E-state index >= 15 is 3.50 Å². The molecule has 3 nitrogen and oxygen atoms in total. The average molecular weight is 493 g/mol. The maximum absolute atomic E-state index is 15.1. The summed E-state index contributed by atoms with van der Waals surface area (Å²) in [5.74, 6) is 5.48. The van der Waals surface area contributed by atoms with Crippen LogP contribution >= 0.6 is 0 Å². The molecule has 0 saturated heterocycles. The Hall–Kier alpha value is 0.716. The summed E-state index contributed by atoms with van der Waals surface area (Å²) < 4.78 is 29.4. The van der Waals surface area contributed by atoms with E-state index in [4.69, 9.17) is 0 Å². The molecule has 0 aliphatic heterocycles. The van der Waals surface area contributed by atoms with Crippen molar-refractivity contribution in [2.75, 3.05) is 19.6 Å². The van der Waals surface area contributed by atoms with Crippen molar-refractivity contribution in [2.24, 2.45) is 17.8 Å². The number of nitrogens with one attached hydrogen (secondary N) is 3. The van der Waals surface area contributed by atoms with E-state index in [2.05, 4.69) is 63.5 Å². The second kappa shape index (κ2) is 10.3. The van der Waals surface area contributed by atoms with Gasteiger partial charge in [-0.25, -0.2) is 0 Å². The molecule has 0 saturated carbocycles. The summed E-state index contributed by atoms with van der Waals surface area (Å²) >= 11 is -6.66. The Bertz CT molecular complexity index is 450. The number of hydrogen-bond acceptors (Lipinski definition) is 3. The van der Waals surface area contributed by atoms with Crippen molar-refractivity contribution >= 4 is 13.7 Å². The summed E-state index contributed by atoms with van der Waals surface area (Å²) in [7, 11) is 0. The minimum atomic E-state index is -3.38. The third kappa shape index (κ3) is 7.69. The monoisotopic (exact) mass is 493 g/mol. The SMILES string of the molecule is CC(C)C[NH][Zr]([NH]CC(C)C)([NH]CC(C)C)[C]1=[C]([Ge]([CH3])([CH3])[F])C=CC1. The zero-order chi connectivity index (χ0) is 19.3. The van der Waals surface area contributed by atoms with Gasteiger partial charge in [0.25, 0.3) is 0 Å². The first-order valence-corrected chi connectivity index (χ1v) is 20.8. The van der Waals surface area contributed by atoms with Crippen molar-refractivity contribution < 1.29 is 24.6 Å². The Morgan fingerprint density at radius 2 is 1.32 bits per heavy atom. The first-order chi connectivity index (χ1) is 11.5. The molecule has 0 bridgehead atoms. The molecule has 146 valence electrons. The predicted molar refractivity (Wildman–Crippen MR) is 108 cm³/mol. The van der Waals surface area contributed by atoms with Gasteiger partial charge in [0.1, 0.15) is 0 Å². The van der Waals surface area contributed by atoms with Crippen LogP contribution in [0.3, 0.4) is 0 Å². The fourth-order valence-corrected chi connectivity index (χ4v) is 21.9. The van der Waals surface area contributed by atoms with Gasteiger partial charge in [0.05, 0.1) is 0 Å². The molecule has 0 amide bonds. The third-order valence-electron chi connectivity index (χ3n) is 4.35. The van der Waals surface area contributed by atoms with Crippen LogP contribution in [0.25, 0.3) is 0 Å². The van der Waals surface area contributed by atoms with Crippen molar-refractivity contribution in [3.05, 3.63) is 19.8 Å². The van der Waals surface area contributed by atoms with Crippen LogP contribution in [0.1, 0.15) is 48.0 Å². The van der Waals surface area contributed by atoms with E-state index < -0.39 is 34.9 Å². The molecule has 1 rings (SSSR count). The molecule has 0 aromatic heterocycles. The molecule has 0 aromatic rings. The van der Waals surface area contributed by atoms with Gasteiger partial charge in [0.2, 0.25) is 0 Å². The number of allylic oxidation sites excluding steroid dienone is 4. The van der Waals surface area contributed by atoms with Crippen molar-refractivity contribution in [1.29, 1.82) is 0 Å². The molecule has 6 heteroatoms. The van der Waals surface area contributed by atoms with Crippen LogP contribution in [-0.2, 0) is 21.1 Å². The molecule has 0 unspecified atom stereocenters. The van der Waals surface area contributed by atoms with Gasteiger partial charge in [-0.1, -0.05) is 0 Å². The Kier molecular flexibility index (Phi) is 9.80. The van der Waals surface area contributed by atoms with Gasteiger partial charge in [-0.2, -0.15) is 0 Å². The molecule has 0 atom stereocenters. The van der Waals surface area contributed by atoms with E-state index in [0.717, 1.165) is 30.5 Å². The van der Waals surface area contributed by atoms with Gasteiger partial charge in [-0.3, -0.25) is 0 Å². The van der Waals surface area contributed by atoms with E-state index in [9.17, 15) is 0 Å². The summed E-state index contributed by atoms with van der Waals surface area (Å²) in [6, 6.07) is 0. The fraction of sp³-hybridized carbons (Fsp3) is 0.789. The first kappa shape index (κ1) is 23.8. The Morgan fingerprint density at radius 3 is 1.64 bits per heavy atom. The van der Waals surface area contributed by atoms with Crippen LogP contribution in [0.15, 0.2) is 19.8 Å². The molecule has 3 N–H and O–H groups in total. The molecule has 1 aliphatic carbocycles. The van der Waals surface area contributed by atoms with E-state index in [1.807, 2.05) is 11.5 Å². The predicted octanol–water partition coefficient (Wildman–Crippen LogP) is 4.55. The molecule has 0 aromatic carbocycles. The van der Waals surface area contributed by atoms with Crippen LogP contribution in [0.5, 0.6) is 0 Å². The topological polar surface area (TPSA) is 36.1 Å². The Balaban J connectivity index is 3.29. The zero-order valence-corrected chi connectivity index (χ0v) is 22.1. The summed E-state index contributed by atoms with van der Waals surface area (Å²) in [6.07, 6.45) is 5.17. The normalized spacial score (nSPS) is 16.2. The molecular formula is C19H40FGeN3Zr. The van der Waals surface area contributed by atoms with Crippen molar-refractivity contribution in [3.63, 3.8) is 0 Å². The molecular weight excluding hydrogens is 453 g/mol. The molecule has 0 heterocycles. The second-order valence-electron chi connectivity index (χ2n) is 9.05. The summed E-state index contributed by atoms with van der Waals surface area (Å²) in [6.45, 7) is 16.4. The van der Waals surface area contributed by atoms with E-state index in [1.54, 1.807) is 0 Å². The van der Waals surface area contributed by atoms with Crippen LogP contribution in [0, 0.1) is 17.8 Å². The molecule has 0 radical (unpaired) electrons. The van der Waals surface area contributed by atoms with E-state index in [-0.39, 0.29) is 0 Å². The first-order valence-electron chi connectivity index (χ1n) is 9.82. The summed E-state index contributed by atoms with van der Waals surface area (Å²) in [5, 5.41) is 0. The molecule has 1 aliphatic rings. The van der Waals surface area contributed by atoms with Gasteiger partial charge in [0.15, 0.2) is 0 Å². The Morgan fingerprint density at radius 1 is 0.920 bits per heavy atom. The summed E-state index contributed by atoms with van der Waals surface area (Å²) in [5.41, 5.74) is 0. The van der Waals surface area contributed by atoms with E-state index in [1.165, 1.54) is 3.28 Å². The molecule has 0 fully saturated rings. The van der Waals surface area contributed by atoms with Crippen molar-refractivity contribution in [3.8, 4) is 0 Å². The van der Waals surface area contributed by atoms with Gasteiger partial charge >= 0.3 is 165 Å². The van der Waals surface area contributed by atoms with E-state index in [0.29, 0.717) is 17.8 Å². The quantitative estimate of drug-likeness (QED) is 0.370. The molecule has 25 heavy (non-hydrogen) atoms. The van der Waals surface area contributed by atoms with Gasteiger partial charge in [-0.05, 0) is 0 Å². The van der Waals surface area contributed by atoms with Crippen molar-refractivity contribution in [2.45, 2.75) is 59.5 Å². The second-order valence-corrected chi connectivity index (χ2v) is 24.1. The zero-order valence-electron chi connectivity index (χ0n) is 17.6.